The van der Waals surface area contributed by atoms with Crippen LogP contribution in [0, 0.1) is 0 Å². The van der Waals surface area contributed by atoms with E-state index >= 15 is 0 Å². The van der Waals surface area contributed by atoms with Crippen LogP contribution in [0.4, 0.5) is 0 Å². The van der Waals surface area contributed by atoms with E-state index < -0.39 is 9.05 Å². The number of hydrogen-bond donors (Lipinski definition) is 0. The van der Waals surface area contributed by atoms with Crippen molar-refractivity contribution in [3.63, 3.8) is 0 Å². The van der Waals surface area contributed by atoms with Crippen LogP contribution in [0.5, 0.6) is 5.75 Å². The van der Waals surface area contributed by atoms with E-state index in [0.29, 0.717) is 12.4 Å². The molecule has 1 rings (SSSR count). The highest BCUT2D eigenvalue weighted by molar-refractivity contribution is 8.13. The lowest BCUT2D eigenvalue weighted by Crippen LogP contribution is -2.00. The van der Waals surface area contributed by atoms with Crippen LogP contribution in [0.1, 0.15) is 6.42 Å². The first-order chi connectivity index (χ1) is 7.95. The lowest BCUT2D eigenvalue weighted by atomic mass is 10.3. The van der Waals surface area contributed by atoms with Gasteiger partial charge >= 0.3 is 0 Å². The molecule has 0 amide bonds. The van der Waals surface area contributed by atoms with Gasteiger partial charge in [-0.3, -0.25) is 0 Å². The molecule has 3 nitrogen and oxygen atoms in total. The van der Waals surface area contributed by atoms with Gasteiger partial charge in [-0.2, -0.15) is 11.8 Å². The quantitative estimate of drug-likeness (QED) is 0.596. The smallest absolute Gasteiger partial charge is 0.261 e. The van der Waals surface area contributed by atoms with Crippen LogP contribution in [0.2, 0.25) is 5.02 Å². The van der Waals surface area contributed by atoms with Gasteiger partial charge in [0.15, 0.2) is 0 Å². The molecule has 7 heteroatoms. The Hall–Kier alpha value is -0.100. The molecule has 0 bridgehead atoms. The molecule has 1 aromatic rings. The van der Waals surface area contributed by atoms with Gasteiger partial charge in [-0.1, -0.05) is 11.6 Å². The zero-order valence-electron chi connectivity index (χ0n) is 9.15. The Morgan fingerprint density at radius 1 is 1.41 bits per heavy atom. The number of thioether (sulfide) groups is 1. The van der Waals surface area contributed by atoms with E-state index in [1.54, 1.807) is 11.8 Å². The van der Waals surface area contributed by atoms with Gasteiger partial charge in [0.1, 0.15) is 5.75 Å². The molecule has 0 radical (unpaired) electrons. The molecular formula is C10H12Cl2O3S2. The highest BCUT2D eigenvalue weighted by Crippen LogP contribution is 2.28. The van der Waals surface area contributed by atoms with Crippen molar-refractivity contribution in [3.8, 4) is 5.75 Å². The maximum absolute atomic E-state index is 11.1. The summed E-state index contributed by atoms with van der Waals surface area (Å²) in [6, 6.07) is 4.17. The van der Waals surface area contributed by atoms with Gasteiger partial charge in [-0.05, 0) is 36.6 Å². The summed E-state index contributed by atoms with van der Waals surface area (Å²) in [5.41, 5.74) is 0. The Kier molecular flexibility index (Phi) is 5.92. The van der Waals surface area contributed by atoms with Gasteiger partial charge in [-0.15, -0.1) is 0 Å². The predicted molar refractivity (Wildman–Crippen MR) is 73.0 cm³/mol. The predicted octanol–water partition coefficient (Wildman–Crippen LogP) is 3.40. The molecule has 0 aliphatic rings. The van der Waals surface area contributed by atoms with E-state index in [1.165, 1.54) is 18.2 Å². The van der Waals surface area contributed by atoms with Gasteiger partial charge in [0.2, 0.25) is 0 Å². The maximum atomic E-state index is 11.1. The summed E-state index contributed by atoms with van der Waals surface area (Å²) in [4.78, 5) is -0.0272. The van der Waals surface area contributed by atoms with E-state index in [0.717, 1.165) is 12.2 Å². The molecule has 0 saturated heterocycles. The molecule has 0 fully saturated rings. The third-order valence-corrected chi connectivity index (χ3v) is 4.28. The van der Waals surface area contributed by atoms with Crippen LogP contribution in [0.25, 0.3) is 0 Å². The second-order valence-electron chi connectivity index (χ2n) is 3.22. The minimum absolute atomic E-state index is 0.0272. The zero-order chi connectivity index (χ0) is 12.9. The molecule has 0 saturated carbocycles. The molecule has 0 unspecified atom stereocenters. The SMILES string of the molecule is CSCCCOc1ccc(S(=O)(=O)Cl)cc1Cl. The average Bonchev–Trinajstić information content (AvgIpc) is 2.24. The molecule has 17 heavy (non-hydrogen) atoms. The molecule has 0 atom stereocenters. The van der Waals surface area contributed by atoms with Crippen LogP contribution in [-0.4, -0.2) is 27.0 Å². The lowest BCUT2D eigenvalue weighted by molar-refractivity contribution is 0.318. The Balaban J connectivity index is 2.70. The van der Waals surface area contributed by atoms with E-state index in [-0.39, 0.29) is 9.92 Å². The summed E-state index contributed by atoms with van der Waals surface area (Å²) in [6.45, 7) is 0.549. The molecule has 1 aromatic carbocycles. The molecule has 0 N–H and O–H groups in total. The van der Waals surface area contributed by atoms with Crippen LogP contribution in [-0.2, 0) is 9.05 Å². The van der Waals surface area contributed by atoms with Crippen molar-refractivity contribution in [1.29, 1.82) is 0 Å². The monoisotopic (exact) mass is 314 g/mol. The number of ether oxygens (including phenoxy) is 1. The fourth-order valence-electron chi connectivity index (χ4n) is 1.14. The summed E-state index contributed by atoms with van der Waals surface area (Å²) < 4.78 is 27.5. The Morgan fingerprint density at radius 3 is 2.65 bits per heavy atom. The molecule has 0 aliphatic heterocycles. The number of hydrogen-bond acceptors (Lipinski definition) is 4. The minimum Gasteiger partial charge on any atom is -0.492 e. The fraction of sp³-hybridized carbons (Fsp3) is 0.400. The van der Waals surface area contributed by atoms with Gasteiger partial charge in [-0.25, -0.2) is 8.42 Å². The highest BCUT2D eigenvalue weighted by Gasteiger charge is 2.12. The zero-order valence-corrected chi connectivity index (χ0v) is 12.3. The van der Waals surface area contributed by atoms with Crippen molar-refractivity contribution >= 4 is 43.1 Å². The van der Waals surface area contributed by atoms with Crippen molar-refractivity contribution in [2.75, 3.05) is 18.6 Å². The van der Waals surface area contributed by atoms with E-state index in [1.807, 2.05) is 6.26 Å². The van der Waals surface area contributed by atoms with Gasteiger partial charge in [0.05, 0.1) is 16.5 Å². The number of benzene rings is 1. The van der Waals surface area contributed by atoms with Crippen molar-refractivity contribution in [2.24, 2.45) is 0 Å². The summed E-state index contributed by atoms with van der Waals surface area (Å²) >= 11 is 7.63. The standard InChI is InChI=1S/C10H12Cl2O3S2/c1-16-6-2-5-15-10-4-3-8(7-9(10)11)17(12,13)14/h3-4,7H,2,5-6H2,1H3. The first-order valence-corrected chi connectivity index (χ1v) is 8.89. The first kappa shape index (κ1) is 15.0. The topological polar surface area (TPSA) is 43.4 Å². The second kappa shape index (κ2) is 6.73. The minimum atomic E-state index is -3.74. The molecule has 0 heterocycles. The maximum Gasteiger partial charge on any atom is 0.261 e. The van der Waals surface area contributed by atoms with Crippen LogP contribution < -0.4 is 4.74 Å². The molecule has 96 valence electrons. The van der Waals surface area contributed by atoms with Crippen molar-refractivity contribution < 1.29 is 13.2 Å². The summed E-state index contributed by atoms with van der Waals surface area (Å²) in [6.07, 6.45) is 2.93. The third-order valence-electron chi connectivity index (χ3n) is 1.94. The van der Waals surface area contributed by atoms with E-state index in [4.69, 9.17) is 27.0 Å². The van der Waals surface area contributed by atoms with E-state index in [9.17, 15) is 8.42 Å². The van der Waals surface area contributed by atoms with Gasteiger partial charge < -0.3 is 4.74 Å². The van der Waals surface area contributed by atoms with Crippen LogP contribution in [0.3, 0.4) is 0 Å². The second-order valence-corrected chi connectivity index (χ2v) is 7.18. The molecule has 0 spiro atoms. The average molecular weight is 315 g/mol. The normalized spacial score (nSPS) is 11.5. The van der Waals surface area contributed by atoms with Crippen LogP contribution >= 0.6 is 34.0 Å². The van der Waals surface area contributed by atoms with Gasteiger partial charge in [0.25, 0.3) is 9.05 Å². The Morgan fingerprint density at radius 2 is 2.12 bits per heavy atom. The number of rotatable bonds is 6. The summed E-state index contributed by atoms with van der Waals surface area (Å²) in [5.74, 6) is 1.48. The fourth-order valence-corrected chi connectivity index (χ4v) is 2.62. The molecular weight excluding hydrogens is 303 g/mol. The largest absolute Gasteiger partial charge is 0.492 e. The third kappa shape index (κ3) is 4.95. The van der Waals surface area contributed by atoms with Crippen molar-refractivity contribution in [2.45, 2.75) is 11.3 Å². The Labute approximate surface area is 115 Å². The highest BCUT2D eigenvalue weighted by atomic mass is 35.7. The lowest BCUT2D eigenvalue weighted by Gasteiger charge is -2.08. The summed E-state index contributed by atoms with van der Waals surface area (Å²) in [5, 5.41) is 0.246. The van der Waals surface area contributed by atoms with Crippen molar-refractivity contribution in [3.05, 3.63) is 23.2 Å². The van der Waals surface area contributed by atoms with Crippen LogP contribution in [0.15, 0.2) is 23.1 Å². The van der Waals surface area contributed by atoms with Crippen molar-refractivity contribution in [1.82, 2.24) is 0 Å². The molecule has 0 aliphatic carbocycles. The Bertz CT molecular complexity index is 474. The summed E-state index contributed by atoms with van der Waals surface area (Å²) in [7, 11) is 1.46. The molecule has 0 aromatic heterocycles. The number of halogens is 2. The van der Waals surface area contributed by atoms with E-state index in [2.05, 4.69) is 0 Å². The first-order valence-electron chi connectivity index (χ1n) is 4.81. The van der Waals surface area contributed by atoms with Gasteiger partial charge in [0, 0.05) is 10.7 Å².